The van der Waals surface area contributed by atoms with Crippen molar-refractivity contribution in [2.24, 2.45) is 11.7 Å². The minimum Gasteiger partial charge on any atom is -0.445 e. The van der Waals surface area contributed by atoms with Crippen molar-refractivity contribution >= 4 is 6.09 Å². The van der Waals surface area contributed by atoms with Gasteiger partial charge >= 0.3 is 6.09 Å². The first-order chi connectivity index (χ1) is 9.15. The molecule has 1 amide bonds. The fraction of sp³-hybridized carbons (Fsp3) is 0.429. The first-order valence-corrected chi connectivity index (χ1v) is 6.21. The predicted molar refractivity (Wildman–Crippen MR) is 73.1 cm³/mol. The van der Waals surface area contributed by atoms with Gasteiger partial charge in [-0.25, -0.2) is 4.79 Å². The molecule has 0 fully saturated rings. The second kappa shape index (κ2) is 8.11. The van der Waals surface area contributed by atoms with Crippen molar-refractivity contribution in [3.63, 3.8) is 0 Å². The van der Waals surface area contributed by atoms with Gasteiger partial charge in [0.15, 0.2) is 0 Å². The van der Waals surface area contributed by atoms with E-state index in [9.17, 15) is 4.79 Å². The molecule has 0 bridgehead atoms. The number of carbonyl (C=O) groups excluding carboxylic acids is 1. The number of nitrogens with zero attached hydrogens (tertiary/aromatic N) is 1. The Morgan fingerprint density at radius 2 is 2.21 bits per heavy atom. The Hall–Kier alpha value is -2.06. The van der Waals surface area contributed by atoms with Gasteiger partial charge in [0.1, 0.15) is 6.61 Å². The Bertz CT molecular complexity index is 395. The third-order valence-electron chi connectivity index (χ3n) is 2.72. The predicted octanol–water partition coefficient (Wildman–Crippen LogP) is 1.64. The van der Waals surface area contributed by atoms with Crippen molar-refractivity contribution in [1.29, 1.82) is 5.26 Å². The summed E-state index contributed by atoms with van der Waals surface area (Å²) in [5.41, 5.74) is 5.54. The first-order valence-electron chi connectivity index (χ1n) is 6.21. The third kappa shape index (κ3) is 5.89. The summed E-state index contributed by atoms with van der Waals surface area (Å²) in [6.45, 7) is 3.66. The van der Waals surface area contributed by atoms with Crippen LogP contribution in [0.4, 0.5) is 4.79 Å². The van der Waals surface area contributed by atoms with E-state index in [2.05, 4.69) is 11.9 Å². The molecule has 1 unspecified atom stereocenters. The van der Waals surface area contributed by atoms with Crippen LogP contribution in [-0.4, -0.2) is 24.8 Å². The largest absolute Gasteiger partial charge is 0.445 e. The number of hydrogen-bond donors (Lipinski definition) is 2. The number of nitrogens with two attached hydrogens (primary N) is 1. The molecule has 5 nitrogen and oxygen atoms in total. The molecule has 1 aliphatic rings. The molecule has 0 radical (unpaired) electrons. The maximum Gasteiger partial charge on any atom is 0.408 e. The van der Waals surface area contributed by atoms with E-state index in [-0.39, 0.29) is 18.6 Å². The molecule has 0 spiro atoms. The molecule has 1 rings (SSSR count). The van der Waals surface area contributed by atoms with Gasteiger partial charge in [-0.15, -0.1) is 0 Å². The van der Waals surface area contributed by atoms with Crippen LogP contribution in [0.25, 0.3) is 0 Å². The molecule has 1 atom stereocenters. The van der Waals surface area contributed by atoms with Gasteiger partial charge in [-0.3, -0.25) is 0 Å². The highest BCUT2D eigenvalue weighted by molar-refractivity contribution is 5.68. The number of carbonyl (C=O) groups is 1. The summed E-state index contributed by atoms with van der Waals surface area (Å²) >= 11 is 0. The Labute approximate surface area is 113 Å². The fourth-order valence-corrected chi connectivity index (χ4v) is 1.69. The van der Waals surface area contributed by atoms with Crippen molar-refractivity contribution in [3.8, 4) is 6.07 Å². The van der Waals surface area contributed by atoms with Crippen molar-refractivity contribution in [1.82, 2.24) is 5.32 Å². The second-order valence-electron chi connectivity index (χ2n) is 4.30. The van der Waals surface area contributed by atoms with Gasteiger partial charge in [-0.2, -0.15) is 5.26 Å². The molecule has 3 N–H and O–H groups in total. The smallest absolute Gasteiger partial charge is 0.408 e. The number of rotatable bonds is 6. The molecule has 1 aliphatic carbocycles. The maximum absolute atomic E-state index is 11.3. The van der Waals surface area contributed by atoms with Crippen molar-refractivity contribution in [2.75, 3.05) is 6.61 Å². The SMILES string of the molecule is C=CCOC(=O)NC1C=CC(CCC(N)C#N)C=C1. The van der Waals surface area contributed by atoms with Crippen molar-refractivity contribution in [3.05, 3.63) is 37.0 Å². The lowest BCUT2D eigenvalue weighted by Gasteiger charge is -2.18. The van der Waals surface area contributed by atoms with Gasteiger partial charge in [0, 0.05) is 0 Å². The molecule has 19 heavy (non-hydrogen) atoms. The molecular formula is C14H19N3O2. The monoisotopic (exact) mass is 261 g/mol. The molecule has 0 heterocycles. The van der Waals surface area contributed by atoms with Crippen LogP contribution >= 0.6 is 0 Å². The van der Waals surface area contributed by atoms with E-state index < -0.39 is 12.1 Å². The number of nitrogens with one attached hydrogen (secondary N) is 1. The van der Waals surface area contributed by atoms with E-state index >= 15 is 0 Å². The van der Waals surface area contributed by atoms with Crippen molar-refractivity contribution < 1.29 is 9.53 Å². The van der Waals surface area contributed by atoms with Crippen LogP contribution in [0.3, 0.4) is 0 Å². The zero-order valence-electron chi connectivity index (χ0n) is 10.8. The van der Waals surface area contributed by atoms with Crippen LogP contribution in [0.1, 0.15) is 12.8 Å². The number of allylic oxidation sites excluding steroid dienone is 2. The highest BCUT2D eigenvalue weighted by Gasteiger charge is 2.13. The quantitative estimate of drug-likeness (QED) is 0.711. The molecule has 0 aromatic heterocycles. The average molecular weight is 261 g/mol. The average Bonchev–Trinajstić information content (AvgIpc) is 2.44. The van der Waals surface area contributed by atoms with Crippen LogP contribution < -0.4 is 11.1 Å². The Morgan fingerprint density at radius 1 is 1.53 bits per heavy atom. The fourth-order valence-electron chi connectivity index (χ4n) is 1.69. The third-order valence-corrected chi connectivity index (χ3v) is 2.72. The van der Waals surface area contributed by atoms with E-state index in [1.807, 2.05) is 30.4 Å². The molecule has 5 heteroatoms. The molecule has 0 saturated carbocycles. The van der Waals surface area contributed by atoms with E-state index in [1.165, 1.54) is 6.08 Å². The van der Waals surface area contributed by atoms with E-state index in [0.717, 1.165) is 6.42 Å². The lowest BCUT2D eigenvalue weighted by atomic mass is 9.94. The summed E-state index contributed by atoms with van der Waals surface area (Å²) in [7, 11) is 0. The standard InChI is InChI=1S/C14H19N3O2/c1-2-9-19-14(18)17-13-7-4-11(5-8-13)3-6-12(16)10-15/h2,4-5,7-8,11-13H,1,3,6,9,16H2,(H,17,18). The number of alkyl carbamates (subject to hydrolysis) is 1. The van der Waals surface area contributed by atoms with Gasteiger partial charge in [0.2, 0.25) is 0 Å². The normalized spacial score (nSPS) is 22.3. The summed E-state index contributed by atoms with van der Waals surface area (Å²) in [4.78, 5) is 11.3. The molecular weight excluding hydrogens is 242 g/mol. The van der Waals surface area contributed by atoms with Gasteiger partial charge in [-0.1, -0.05) is 37.0 Å². The van der Waals surface area contributed by atoms with Gasteiger partial charge in [0.25, 0.3) is 0 Å². The molecule has 0 saturated heterocycles. The number of hydrogen-bond acceptors (Lipinski definition) is 4. The first kappa shape index (κ1) is 15.0. The Balaban J connectivity index is 2.30. The highest BCUT2D eigenvalue weighted by Crippen LogP contribution is 2.16. The summed E-state index contributed by atoms with van der Waals surface area (Å²) in [6, 6.07) is 1.44. The van der Waals surface area contributed by atoms with E-state index in [4.69, 9.17) is 15.7 Å². The maximum atomic E-state index is 11.3. The Morgan fingerprint density at radius 3 is 2.79 bits per heavy atom. The van der Waals surface area contributed by atoms with E-state index in [0.29, 0.717) is 6.42 Å². The van der Waals surface area contributed by atoms with Gasteiger partial charge < -0.3 is 15.8 Å². The van der Waals surface area contributed by atoms with Gasteiger partial charge in [-0.05, 0) is 18.8 Å². The van der Waals surface area contributed by atoms with Crippen LogP contribution in [0.5, 0.6) is 0 Å². The number of ether oxygens (including phenoxy) is 1. The molecule has 0 aliphatic heterocycles. The zero-order chi connectivity index (χ0) is 14.1. The van der Waals surface area contributed by atoms with E-state index in [1.54, 1.807) is 0 Å². The topological polar surface area (TPSA) is 88.1 Å². The molecule has 102 valence electrons. The lowest BCUT2D eigenvalue weighted by Crippen LogP contribution is -2.33. The van der Waals surface area contributed by atoms with Crippen LogP contribution in [0.2, 0.25) is 0 Å². The summed E-state index contributed by atoms with van der Waals surface area (Å²) in [5, 5.41) is 11.3. The minimum atomic E-state index is -0.468. The molecule has 0 aromatic carbocycles. The van der Waals surface area contributed by atoms with Crippen LogP contribution in [0.15, 0.2) is 37.0 Å². The second-order valence-corrected chi connectivity index (χ2v) is 4.30. The summed E-state index contributed by atoms with van der Waals surface area (Å²) < 4.78 is 4.83. The molecule has 0 aromatic rings. The van der Waals surface area contributed by atoms with Gasteiger partial charge in [0.05, 0.1) is 18.2 Å². The minimum absolute atomic E-state index is 0.154. The number of amides is 1. The van der Waals surface area contributed by atoms with Crippen LogP contribution in [-0.2, 0) is 4.74 Å². The number of nitriles is 1. The Kier molecular flexibility index (Phi) is 6.41. The highest BCUT2D eigenvalue weighted by atomic mass is 16.5. The zero-order valence-corrected chi connectivity index (χ0v) is 10.8. The summed E-state index contributed by atoms with van der Waals surface area (Å²) in [5.74, 6) is 0.265. The van der Waals surface area contributed by atoms with Crippen LogP contribution in [0, 0.1) is 17.2 Å². The lowest BCUT2D eigenvalue weighted by molar-refractivity contribution is 0.157. The summed E-state index contributed by atoms with van der Waals surface area (Å²) in [6.07, 6.45) is 10.3. The van der Waals surface area contributed by atoms with Crippen molar-refractivity contribution in [2.45, 2.75) is 24.9 Å².